The molecule has 0 radical (unpaired) electrons. The third-order valence-corrected chi connectivity index (χ3v) is 4.58. The van der Waals surface area contributed by atoms with Gasteiger partial charge < -0.3 is 15.4 Å². The molecule has 1 saturated carbocycles. The minimum Gasteiger partial charge on any atom is -0.379 e. The van der Waals surface area contributed by atoms with Crippen LogP contribution < -0.4 is 10.6 Å². The Morgan fingerprint density at radius 2 is 1.90 bits per heavy atom. The van der Waals surface area contributed by atoms with Gasteiger partial charge in [0.25, 0.3) is 0 Å². The molecular weight excluding hydrogens is 385 g/mol. The molecular formula is C19H21F3N6O. The second kappa shape index (κ2) is 7.94. The van der Waals surface area contributed by atoms with Gasteiger partial charge in [-0.25, -0.2) is 4.98 Å². The molecule has 3 heterocycles. The van der Waals surface area contributed by atoms with Crippen molar-refractivity contribution in [2.75, 3.05) is 23.8 Å². The third kappa shape index (κ3) is 5.20. The van der Waals surface area contributed by atoms with Gasteiger partial charge in [0.2, 0.25) is 11.9 Å². The highest BCUT2D eigenvalue weighted by Gasteiger charge is 2.32. The average Bonchev–Trinajstić information content (AvgIpc) is 3.33. The van der Waals surface area contributed by atoms with E-state index in [1.807, 2.05) is 6.92 Å². The Bertz CT molecular complexity index is 907. The van der Waals surface area contributed by atoms with Gasteiger partial charge in [0.1, 0.15) is 11.4 Å². The van der Waals surface area contributed by atoms with E-state index in [0.717, 1.165) is 31.0 Å². The van der Waals surface area contributed by atoms with Gasteiger partial charge in [-0.15, -0.1) is 0 Å². The van der Waals surface area contributed by atoms with E-state index >= 15 is 0 Å². The highest BCUT2D eigenvalue weighted by atomic mass is 19.4. The first-order valence-corrected chi connectivity index (χ1v) is 9.47. The molecule has 2 aliphatic rings. The molecule has 1 aliphatic carbocycles. The minimum absolute atomic E-state index is 0.0276. The van der Waals surface area contributed by atoms with Gasteiger partial charge in [0.15, 0.2) is 5.82 Å². The molecule has 29 heavy (non-hydrogen) atoms. The predicted octanol–water partition coefficient (Wildman–Crippen LogP) is 3.88. The van der Waals surface area contributed by atoms with Crippen LogP contribution in [0.2, 0.25) is 0 Å². The van der Waals surface area contributed by atoms with E-state index < -0.39 is 11.9 Å². The Labute approximate surface area is 165 Å². The summed E-state index contributed by atoms with van der Waals surface area (Å²) >= 11 is 0. The smallest absolute Gasteiger partial charge is 0.379 e. The zero-order valence-corrected chi connectivity index (χ0v) is 15.8. The van der Waals surface area contributed by atoms with Crippen LogP contribution in [0.3, 0.4) is 0 Å². The van der Waals surface area contributed by atoms with Crippen LogP contribution in [0.15, 0.2) is 30.0 Å². The molecule has 0 amide bonds. The number of nitrogens with zero attached hydrogens (tertiary/aromatic N) is 4. The molecule has 7 nitrogen and oxygen atoms in total. The van der Waals surface area contributed by atoms with Gasteiger partial charge in [0, 0.05) is 12.3 Å². The highest BCUT2D eigenvalue weighted by molar-refractivity contribution is 5.55. The Kier molecular flexibility index (Phi) is 5.35. The predicted molar refractivity (Wildman–Crippen MR) is 101 cm³/mol. The standard InChI is InChI=1S/C19H21F3N6O/c1-11(9-12-5-6-12)23-17-26-16(14-3-2-4-15(25-14)19(20,21)22)27-18(28-17)24-13-7-8-29-10-13/h2-4,9,12-13H,5-8,10H2,1H3,(H2,23,24,26,27,28). The Morgan fingerprint density at radius 3 is 2.59 bits per heavy atom. The van der Waals surface area contributed by atoms with Crippen LogP contribution in [0.5, 0.6) is 0 Å². The van der Waals surface area contributed by atoms with Crippen LogP contribution in [0, 0.1) is 5.92 Å². The average molecular weight is 406 g/mol. The SMILES string of the molecule is CC(=CC1CC1)Nc1nc(NC2CCOC2)nc(-c2cccc(C(F)(F)F)n2)n1. The fraction of sp³-hybridized carbons (Fsp3) is 0.474. The van der Waals surface area contributed by atoms with Gasteiger partial charge in [-0.05, 0) is 44.2 Å². The lowest BCUT2D eigenvalue weighted by molar-refractivity contribution is -0.141. The van der Waals surface area contributed by atoms with E-state index in [1.54, 1.807) is 0 Å². The Hall–Kier alpha value is -2.75. The van der Waals surface area contributed by atoms with Crippen molar-refractivity contribution in [3.8, 4) is 11.5 Å². The fourth-order valence-corrected chi connectivity index (χ4v) is 2.99. The summed E-state index contributed by atoms with van der Waals surface area (Å²) in [6.07, 6.45) is 0.667. The van der Waals surface area contributed by atoms with Gasteiger partial charge in [-0.1, -0.05) is 12.1 Å². The lowest BCUT2D eigenvalue weighted by Gasteiger charge is -2.14. The summed E-state index contributed by atoms with van der Waals surface area (Å²) in [6, 6.07) is 3.69. The number of ether oxygens (including phenoxy) is 1. The summed E-state index contributed by atoms with van der Waals surface area (Å²) in [6.45, 7) is 3.06. The van der Waals surface area contributed by atoms with Crippen molar-refractivity contribution in [2.45, 2.75) is 38.4 Å². The number of halogens is 3. The molecule has 2 fully saturated rings. The number of allylic oxidation sites excluding steroid dienone is 2. The van der Waals surface area contributed by atoms with Crippen molar-refractivity contribution in [1.29, 1.82) is 0 Å². The quantitative estimate of drug-likeness (QED) is 0.753. The monoisotopic (exact) mass is 406 g/mol. The topological polar surface area (TPSA) is 84.9 Å². The van der Waals surface area contributed by atoms with Crippen molar-refractivity contribution in [1.82, 2.24) is 19.9 Å². The number of rotatable bonds is 6. The van der Waals surface area contributed by atoms with E-state index in [2.05, 4.69) is 36.6 Å². The molecule has 4 rings (SSSR count). The first-order valence-electron chi connectivity index (χ1n) is 9.47. The van der Waals surface area contributed by atoms with Crippen LogP contribution >= 0.6 is 0 Å². The molecule has 0 spiro atoms. The zero-order chi connectivity index (χ0) is 20.4. The number of alkyl halides is 3. The molecule has 10 heteroatoms. The second-order valence-corrected chi connectivity index (χ2v) is 7.23. The number of hydrogen-bond acceptors (Lipinski definition) is 7. The molecule has 2 aromatic rings. The van der Waals surface area contributed by atoms with Crippen LogP contribution in [0.25, 0.3) is 11.5 Å². The maximum atomic E-state index is 13.1. The first kappa shape index (κ1) is 19.6. The molecule has 1 atom stereocenters. The molecule has 0 aromatic carbocycles. The maximum absolute atomic E-state index is 13.1. The van der Waals surface area contributed by atoms with E-state index in [1.165, 1.54) is 12.1 Å². The normalized spacial score (nSPS) is 20.0. The zero-order valence-electron chi connectivity index (χ0n) is 15.8. The molecule has 154 valence electrons. The van der Waals surface area contributed by atoms with Crippen molar-refractivity contribution in [3.63, 3.8) is 0 Å². The first-order chi connectivity index (χ1) is 13.9. The van der Waals surface area contributed by atoms with E-state index in [-0.39, 0.29) is 29.5 Å². The van der Waals surface area contributed by atoms with Crippen LogP contribution in [0.1, 0.15) is 31.9 Å². The van der Waals surface area contributed by atoms with Crippen molar-refractivity contribution in [2.24, 2.45) is 5.92 Å². The van der Waals surface area contributed by atoms with Crippen LogP contribution in [-0.2, 0) is 10.9 Å². The number of pyridine rings is 1. The van der Waals surface area contributed by atoms with E-state index in [4.69, 9.17) is 4.74 Å². The Morgan fingerprint density at radius 1 is 1.10 bits per heavy atom. The molecule has 2 aromatic heterocycles. The molecule has 1 saturated heterocycles. The highest BCUT2D eigenvalue weighted by Crippen LogP contribution is 2.32. The van der Waals surface area contributed by atoms with Crippen LogP contribution in [-0.4, -0.2) is 39.2 Å². The summed E-state index contributed by atoms with van der Waals surface area (Å²) in [4.78, 5) is 16.7. The summed E-state index contributed by atoms with van der Waals surface area (Å²) in [5.41, 5.74) is -0.0787. The molecule has 0 bridgehead atoms. The fourth-order valence-electron chi connectivity index (χ4n) is 2.99. The minimum atomic E-state index is -4.55. The van der Waals surface area contributed by atoms with Crippen molar-refractivity contribution >= 4 is 11.9 Å². The number of hydrogen-bond donors (Lipinski definition) is 2. The summed E-state index contributed by atoms with van der Waals surface area (Å²) < 4.78 is 44.5. The third-order valence-electron chi connectivity index (χ3n) is 4.58. The van der Waals surface area contributed by atoms with Gasteiger partial charge in [-0.3, -0.25) is 0 Å². The molecule has 1 aliphatic heterocycles. The van der Waals surface area contributed by atoms with Gasteiger partial charge >= 0.3 is 6.18 Å². The second-order valence-electron chi connectivity index (χ2n) is 7.23. The number of nitrogens with one attached hydrogen (secondary N) is 2. The Balaban J connectivity index is 1.66. The largest absolute Gasteiger partial charge is 0.433 e. The molecule has 2 N–H and O–H groups in total. The lowest BCUT2D eigenvalue weighted by Crippen LogP contribution is -2.21. The summed E-state index contributed by atoms with van der Waals surface area (Å²) in [5.74, 6) is 1.15. The maximum Gasteiger partial charge on any atom is 0.433 e. The van der Waals surface area contributed by atoms with E-state index in [9.17, 15) is 13.2 Å². The number of aromatic nitrogens is 4. The van der Waals surface area contributed by atoms with Crippen LogP contribution in [0.4, 0.5) is 25.1 Å². The summed E-state index contributed by atoms with van der Waals surface area (Å²) in [7, 11) is 0. The molecule has 1 unspecified atom stereocenters. The lowest BCUT2D eigenvalue weighted by atomic mass is 10.2. The van der Waals surface area contributed by atoms with Gasteiger partial charge in [0.05, 0.1) is 12.6 Å². The summed E-state index contributed by atoms with van der Waals surface area (Å²) in [5, 5.41) is 6.28. The van der Waals surface area contributed by atoms with E-state index in [0.29, 0.717) is 19.1 Å². The number of anilines is 2. The van der Waals surface area contributed by atoms with Crippen molar-refractivity contribution in [3.05, 3.63) is 35.7 Å². The van der Waals surface area contributed by atoms with Gasteiger partial charge in [-0.2, -0.15) is 28.1 Å². The van der Waals surface area contributed by atoms with Crippen molar-refractivity contribution < 1.29 is 17.9 Å².